The molecule has 0 aliphatic carbocycles. The number of carboxylic acid groups (broad SMARTS) is 1. The van der Waals surface area contributed by atoms with Crippen LogP contribution in [0.1, 0.15) is 12.8 Å². The van der Waals surface area contributed by atoms with E-state index in [1.807, 2.05) is 6.07 Å². The maximum absolute atomic E-state index is 10.9. The molecular weight excluding hydrogens is 290 g/mol. The SMILES string of the molecule is CC(C(=O)O)N(C)Cc1nc(-c2ccc3c(c2)OCO3)no1. The molecule has 0 spiro atoms. The van der Waals surface area contributed by atoms with Gasteiger partial charge in [-0.15, -0.1) is 0 Å². The molecule has 3 rings (SSSR count). The molecular formula is C14H15N3O5. The molecule has 1 aromatic carbocycles. The van der Waals surface area contributed by atoms with E-state index in [9.17, 15) is 4.79 Å². The van der Waals surface area contributed by atoms with Crippen molar-refractivity contribution in [3.8, 4) is 22.9 Å². The number of hydrogen-bond acceptors (Lipinski definition) is 7. The predicted molar refractivity (Wildman–Crippen MR) is 74.4 cm³/mol. The number of rotatable bonds is 5. The molecule has 0 radical (unpaired) electrons. The van der Waals surface area contributed by atoms with Crippen LogP contribution in [-0.4, -0.2) is 46.0 Å². The Balaban J connectivity index is 1.75. The van der Waals surface area contributed by atoms with Gasteiger partial charge in [-0.1, -0.05) is 5.16 Å². The van der Waals surface area contributed by atoms with Gasteiger partial charge in [0.15, 0.2) is 11.5 Å². The number of carbonyl (C=O) groups is 1. The third-order valence-corrected chi connectivity index (χ3v) is 3.50. The summed E-state index contributed by atoms with van der Waals surface area (Å²) in [4.78, 5) is 16.8. The molecule has 1 N–H and O–H groups in total. The number of fused-ring (bicyclic) bond motifs is 1. The summed E-state index contributed by atoms with van der Waals surface area (Å²) in [6, 6.07) is 4.74. The van der Waals surface area contributed by atoms with Gasteiger partial charge in [0, 0.05) is 5.56 Å². The van der Waals surface area contributed by atoms with Gasteiger partial charge in [0.1, 0.15) is 6.04 Å². The molecule has 8 nitrogen and oxygen atoms in total. The summed E-state index contributed by atoms with van der Waals surface area (Å²) >= 11 is 0. The molecule has 2 heterocycles. The van der Waals surface area contributed by atoms with Gasteiger partial charge in [-0.05, 0) is 32.2 Å². The van der Waals surface area contributed by atoms with Crippen LogP contribution in [0.15, 0.2) is 22.7 Å². The van der Waals surface area contributed by atoms with Gasteiger partial charge in [-0.3, -0.25) is 9.69 Å². The molecule has 0 fully saturated rings. The van der Waals surface area contributed by atoms with Crippen molar-refractivity contribution in [1.29, 1.82) is 0 Å². The number of nitrogens with zero attached hydrogens (tertiary/aromatic N) is 3. The minimum Gasteiger partial charge on any atom is -0.480 e. The first kappa shape index (κ1) is 14.3. The molecule has 0 amide bonds. The first-order valence-corrected chi connectivity index (χ1v) is 6.70. The molecule has 1 aliphatic heterocycles. The molecule has 8 heteroatoms. The Morgan fingerprint density at radius 1 is 1.41 bits per heavy atom. The Hall–Kier alpha value is -2.61. The number of hydrogen-bond donors (Lipinski definition) is 1. The number of ether oxygens (including phenoxy) is 2. The maximum atomic E-state index is 10.9. The molecule has 2 aromatic rings. The summed E-state index contributed by atoms with van der Waals surface area (Å²) in [6.07, 6.45) is 0. The van der Waals surface area contributed by atoms with Crippen LogP contribution in [0.5, 0.6) is 11.5 Å². The summed E-state index contributed by atoms with van der Waals surface area (Å²) in [6.45, 7) is 2.05. The van der Waals surface area contributed by atoms with Crippen LogP contribution in [-0.2, 0) is 11.3 Å². The van der Waals surface area contributed by atoms with E-state index >= 15 is 0 Å². The lowest BCUT2D eigenvalue weighted by Gasteiger charge is -2.18. The molecule has 0 saturated carbocycles. The molecule has 0 saturated heterocycles. The highest BCUT2D eigenvalue weighted by Gasteiger charge is 2.20. The summed E-state index contributed by atoms with van der Waals surface area (Å²) < 4.78 is 15.7. The first-order chi connectivity index (χ1) is 10.5. The van der Waals surface area contributed by atoms with Gasteiger partial charge in [0.05, 0.1) is 6.54 Å². The van der Waals surface area contributed by atoms with E-state index in [0.717, 1.165) is 5.56 Å². The highest BCUT2D eigenvalue weighted by atomic mass is 16.7. The number of likely N-dealkylation sites (N-methyl/N-ethyl adjacent to an activating group) is 1. The normalized spacial score (nSPS) is 14.3. The van der Waals surface area contributed by atoms with E-state index < -0.39 is 12.0 Å². The molecule has 22 heavy (non-hydrogen) atoms. The van der Waals surface area contributed by atoms with E-state index in [2.05, 4.69) is 10.1 Å². The largest absolute Gasteiger partial charge is 0.480 e. The van der Waals surface area contributed by atoms with Gasteiger partial charge in [0.2, 0.25) is 18.5 Å². The van der Waals surface area contributed by atoms with E-state index in [0.29, 0.717) is 23.2 Å². The number of aromatic nitrogens is 2. The molecule has 1 atom stereocenters. The Bertz CT molecular complexity index is 700. The highest BCUT2D eigenvalue weighted by molar-refractivity contribution is 5.72. The summed E-state index contributed by atoms with van der Waals surface area (Å²) in [5.41, 5.74) is 0.744. The molecule has 116 valence electrons. The Morgan fingerprint density at radius 2 is 2.18 bits per heavy atom. The third-order valence-electron chi connectivity index (χ3n) is 3.50. The van der Waals surface area contributed by atoms with Crippen molar-refractivity contribution in [3.63, 3.8) is 0 Å². The lowest BCUT2D eigenvalue weighted by atomic mass is 10.2. The van der Waals surface area contributed by atoms with Crippen LogP contribution in [0.4, 0.5) is 0 Å². The topological polar surface area (TPSA) is 97.9 Å². The zero-order chi connectivity index (χ0) is 15.7. The number of carboxylic acids is 1. The smallest absolute Gasteiger partial charge is 0.320 e. The van der Waals surface area contributed by atoms with Crippen LogP contribution in [0.25, 0.3) is 11.4 Å². The zero-order valence-corrected chi connectivity index (χ0v) is 12.1. The molecule has 1 aliphatic rings. The average molecular weight is 305 g/mol. The second-order valence-corrected chi connectivity index (χ2v) is 5.01. The minimum atomic E-state index is -0.905. The van der Waals surface area contributed by atoms with E-state index in [4.69, 9.17) is 19.1 Å². The number of aliphatic carboxylic acids is 1. The quantitative estimate of drug-likeness (QED) is 0.884. The van der Waals surface area contributed by atoms with E-state index in [-0.39, 0.29) is 13.3 Å². The van der Waals surface area contributed by atoms with Crippen LogP contribution in [0, 0.1) is 0 Å². The lowest BCUT2D eigenvalue weighted by molar-refractivity contribution is -0.142. The van der Waals surface area contributed by atoms with Crippen molar-refractivity contribution < 1.29 is 23.9 Å². The van der Waals surface area contributed by atoms with Crippen molar-refractivity contribution in [2.75, 3.05) is 13.8 Å². The van der Waals surface area contributed by atoms with Crippen LogP contribution < -0.4 is 9.47 Å². The average Bonchev–Trinajstić information content (AvgIpc) is 3.13. The highest BCUT2D eigenvalue weighted by Crippen LogP contribution is 2.35. The fourth-order valence-electron chi connectivity index (χ4n) is 2.01. The van der Waals surface area contributed by atoms with E-state index in [1.54, 1.807) is 31.0 Å². The van der Waals surface area contributed by atoms with Gasteiger partial charge >= 0.3 is 5.97 Å². The van der Waals surface area contributed by atoms with Crippen molar-refractivity contribution in [2.45, 2.75) is 19.5 Å². The maximum Gasteiger partial charge on any atom is 0.320 e. The van der Waals surface area contributed by atoms with Gasteiger partial charge in [0.25, 0.3) is 0 Å². The summed E-state index contributed by atoms with van der Waals surface area (Å²) in [5.74, 6) is 1.19. The summed E-state index contributed by atoms with van der Waals surface area (Å²) in [5, 5.41) is 12.9. The third kappa shape index (κ3) is 2.73. The molecule has 0 bridgehead atoms. The van der Waals surface area contributed by atoms with E-state index in [1.165, 1.54) is 0 Å². The Kier molecular flexibility index (Phi) is 3.68. The van der Waals surface area contributed by atoms with Gasteiger partial charge < -0.3 is 19.1 Å². The Morgan fingerprint density at radius 3 is 2.95 bits per heavy atom. The second-order valence-electron chi connectivity index (χ2n) is 5.01. The Labute approximate surface area is 126 Å². The second kappa shape index (κ2) is 5.64. The lowest BCUT2D eigenvalue weighted by Crippen LogP contribution is -2.35. The fraction of sp³-hybridized carbons (Fsp3) is 0.357. The van der Waals surface area contributed by atoms with Crippen LogP contribution >= 0.6 is 0 Å². The molecule has 1 aromatic heterocycles. The van der Waals surface area contributed by atoms with Crippen molar-refractivity contribution in [3.05, 3.63) is 24.1 Å². The fourth-order valence-corrected chi connectivity index (χ4v) is 2.01. The predicted octanol–water partition coefficient (Wildman–Crippen LogP) is 1.37. The number of benzene rings is 1. The molecule has 1 unspecified atom stereocenters. The first-order valence-electron chi connectivity index (χ1n) is 6.70. The van der Waals surface area contributed by atoms with Gasteiger partial charge in [-0.2, -0.15) is 4.98 Å². The van der Waals surface area contributed by atoms with Crippen molar-refractivity contribution >= 4 is 5.97 Å². The van der Waals surface area contributed by atoms with Crippen LogP contribution in [0.2, 0.25) is 0 Å². The monoisotopic (exact) mass is 305 g/mol. The van der Waals surface area contributed by atoms with Gasteiger partial charge in [-0.25, -0.2) is 0 Å². The van der Waals surface area contributed by atoms with Crippen LogP contribution in [0.3, 0.4) is 0 Å². The standard InChI is InChI=1S/C14H15N3O5/c1-8(14(18)19)17(2)6-12-15-13(16-22-12)9-3-4-10-11(5-9)21-7-20-10/h3-5,8H,6-7H2,1-2H3,(H,18,19). The summed E-state index contributed by atoms with van der Waals surface area (Å²) in [7, 11) is 1.68. The van der Waals surface area contributed by atoms with Crippen molar-refractivity contribution in [1.82, 2.24) is 15.0 Å². The zero-order valence-electron chi connectivity index (χ0n) is 12.1. The minimum absolute atomic E-state index is 0.203. The van der Waals surface area contributed by atoms with Crippen molar-refractivity contribution in [2.24, 2.45) is 0 Å².